The molecular weight excluding hydrogens is 258 g/mol. The number of para-hydroxylation sites is 1. The van der Waals surface area contributed by atoms with Crippen LogP contribution in [-0.4, -0.2) is 30.5 Å². The summed E-state index contributed by atoms with van der Waals surface area (Å²) in [5, 5.41) is 16.9. The molecular formula is C14H17N3O3. The Balaban J connectivity index is 1.91. The number of nitrogens with one attached hydrogen (secondary N) is 2. The van der Waals surface area contributed by atoms with Crippen molar-refractivity contribution >= 4 is 17.7 Å². The molecule has 1 aliphatic rings. The van der Waals surface area contributed by atoms with Crippen LogP contribution >= 0.6 is 0 Å². The smallest absolute Gasteiger partial charge is 0.276 e. The highest BCUT2D eigenvalue weighted by atomic mass is 16.6. The van der Waals surface area contributed by atoms with Crippen molar-refractivity contribution in [2.45, 2.75) is 6.42 Å². The van der Waals surface area contributed by atoms with Gasteiger partial charge in [0.05, 0.1) is 10.5 Å². The van der Waals surface area contributed by atoms with E-state index in [1.807, 2.05) is 0 Å². The summed E-state index contributed by atoms with van der Waals surface area (Å²) in [5.74, 6) is 0.244. The third kappa shape index (κ3) is 3.89. The second-order valence-electron chi connectivity index (χ2n) is 4.75. The van der Waals surface area contributed by atoms with Gasteiger partial charge in [-0.3, -0.25) is 14.9 Å². The van der Waals surface area contributed by atoms with E-state index in [1.54, 1.807) is 18.2 Å². The van der Waals surface area contributed by atoms with Gasteiger partial charge in [-0.2, -0.15) is 0 Å². The normalized spacial score (nSPS) is 18.3. The van der Waals surface area contributed by atoms with Gasteiger partial charge >= 0.3 is 0 Å². The first-order chi connectivity index (χ1) is 9.66. The lowest BCUT2D eigenvalue weighted by Crippen LogP contribution is -2.28. The predicted octanol–water partition coefficient (Wildman–Crippen LogP) is 1.33. The Labute approximate surface area is 117 Å². The maximum absolute atomic E-state index is 11.7. The average molecular weight is 275 g/mol. The number of rotatable bonds is 5. The van der Waals surface area contributed by atoms with Crippen molar-refractivity contribution < 1.29 is 9.72 Å². The third-order valence-corrected chi connectivity index (χ3v) is 3.28. The highest BCUT2D eigenvalue weighted by molar-refractivity contribution is 5.92. The second-order valence-corrected chi connectivity index (χ2v) is 4.75. The standard InChI is InChI=1S/C14H17N3O3/c18-14(16-10-11-7-8-15-9-11)6-5-12-3-1-2-4-13(12)17(19)20/h1-6,11,15H,7-10H2,(H,16,18)/b6-5+. The van der Waals surface area contributed by atoms with Crippen molar-refractivity contribution in [3.63, 3.8) is 0 Å². The number of amides is 1. The molecule has 0 aromatic heterocycles. The predicted molar refractivity (Wildman–Crippen MR) is 76.1 cm³/mol. The Kier molecular flexibility index (Phi) is 4.84. The monoisotopic (exact) mass is 275 g/mol. The fourth-order valence-corrected chi connectivity index (χ4v) is 2.15. The molecule has 1 saturated heterocycles. The summed E-state index contributed by atoms with van der Waals surface area (Å²) in [6, 6.07) is 6.34. The van der Waals surface area contributed by atoms with Crippen molar-refractivity contribution in [2.24, 2.45) is 5.92 Å². The highest BCUT2D eigenvalue weighted by Gasteiger charge is 2.14. The van der Waals surface area contributed by atoms with Crippen molar-refractivity contribution in [2.75, 3.05) is 19.6 Å². The van der Waals surface area contributed by atoms with Crippen molar-refractivity contribution in [3.8, 4) is 0 Å². The van der Waals surface area contributed by atoms with Gasteiger partial charge in [0.2, 0.25) is 5.91 Å². The molecule has 2 rings (SSSR count). The molecule has 20 heavy (non-hydrogen) atoms. The topological polar surface area (TPSA) is 84.3 Å². The van der Waals surface area contributed by atoms with Crippen molar-refractivity contribution in [1.82, 2.24) is 10.6 Å². The molecule has 1 unspecified atom stereocenters. The number of nitrogens with zero attached hydrogens (tertiary/aromatic N) is 1. The molecule has 6 heteroatoms. The van der Waals surface area contributed by atoms with E-state index in [0.29, 0.717) is 18.0 Å². The summed E-state index contributed by atoms with van der Waals surface area (Å²) in [7, 11) is 0. The van der Waals surface area contributed by atoms with E-state index in [2.05, 4.69) is 10.6 Å². The number of carbonyl (C=O) groups excluding carboxylic acids is 1. The number of nitro benzene ring substituents is 1. The zero-order valence-electron chi connectivity index (χ0n) is 11.0. The number of benzene rings is 1. The first-order valence-corrected chi connectivity index (χ1v) is 6.57. The SMILES string of the molecule is O=C(/C=C/c1ccccc1[N+](=O)[O-])NCC1CCNC1. The van der Waals surface area contributed by atoms with Crippen LogP contribution in [0.2, 0.25) is 0 Å². The lowest BCUT2D eigenvalue weighted by atomic mass is 10.1. The zero-order valence-corrected chi connectivity index (χ0v) is 11.0. The molecule has 1 aliphatic heterocycles. The minimum atomic E-state index is -0.457. The Hall–Kier alpha value is -2.21. The van der Waals surface area contributed by atoms with Gasteiger partial charge in [-0.05, 0) is 37.6 Å². The van der Waals surface area contributed by atoms with Crippen LogP contribution in [0, 0.1) is 16.0 Å². The van der Waals surface area contributed by atoms with Gasteiger partial charge in [0, 0.05) is 18.7 Å². The molecule has 6 nitrogen and oxygen atoms in total. The minimum absolute atomic E-state index is 0.00320. The van der Waals surface area contributed by atoms with Gasteiger partial charge in [0.1, 0.15) is 0 Å². The average Bonchev–Trinajstić information content (AvgIpc) is 2.96. The van der Waals surface area contributed by atoms with E-state index in [0.717, 1.165) is 19.5 Å². The van der Waals surface area contributed by atoms with Crippen molar-refractivity contribution in [3.05, 3.63) is 46.0 Å². The molecule has 1 amide bonds. The Morgan fingerprint density at radius 2 is 2.30 bits per heavy atom. The molecule has 1 fully saturated rings. The first-order valence-electron chi connectivity index (χ1n) is 6.57. The summed E-state index contributed by atoms with van der Waals surface area (Å²) >= 11 is 0. The number of carbonyl (C=O) groups is 1. The lowest BCUT2D eigenvalue weighted by molar-refractivity contribution is -0.385. The van der Waals surface area contributed by atoms with Gasteiger partial charge in [0.15, 0.2) is 0 Å². The van der Waals surface area contributed by atoms with E-state index in [9.17, 15) is 14.9 Å². The summed E-state index contributed by atoms with van der Waals surface area (Å²) in [6.45, 7) is 2.55. The zero-order chi connectivity index (χ0) is 14.4. The molecule has 0 radical (unpaired) electrons. The summed E-state index contributed by atoms with van der Waals surface area (Å²) in [6.07, 6.45) is 3.87. The molecule has 106 valence electrons. The molecule has 1 heterocycles. The quantitative estimate of drug-likeness (QED) is 0.482. The fraction of sp³-hybridized carbons (Fsp3) is 0.357. The van der Waals surface area contributed by atoms with Crippen LogP contribution in [0.25, 0.3) is 6.08 Å². The Bertz CT molecular complexity index is 522. The van der Waals surface area contributed by atoms with Crippen molar-refractivity contribution in [1.29, 1.82) is 0 Å². The molecule has 0 aliphatic carbocycles. The summed E-state index contributed by atoms with van der Waals surface area (Å²) in [5.41, 5.74) is 0.423. The largest absolute Gasteiger partial charge is 0.352 e. The maximum atomic E-state index is 11.7. The molecule has 0 saturated carbocycles. The maximum Gasteiger partial charge on any atom is 0.276 e. The molecule has 0 spiro atoms. The van der Waals surface area contributed by atoms with Crippen LogP contribution in [-0.2, 0) is 4.79 Å². The van der Waals surface area contributed by atoms with Crippen LogP contribution < -0.4 is 10.6 Å². The van der Waals surface area contributed by atoms with Crippen LogP contribution in [0.15, 0.2) is 30.3 Å². The van der Waals surface area contributed by atoms with Crippen LogP contribution in [0.3, 0.4) is 0 Å². The minimum Gasteiger partial charge on any atom is -0.352 e. The fourth-order valence-electron chi connectivity index (χ4n) is 2.15. The Morgan fingerprint density at radius 3 is 3.00 bits per heavy atom. The summed E-state index contributed by atoms with van der Waals surface area (Å²) < 4.78 is 0. The number of hydrogen-bond donors (Lipinski definition) is 2. The summed E-state index contributed by atoms with van der Waals surface area (Å²) in [4.78, 5) is 22.0. The van der Waals surface area contributed by atoms with E-state index in [4.69, 9.17) is 0 Å². The van der Waals surface area contributed by atoms with E-state index < -0.39 is 4.92 Å². The Morgan fingerprint density at radius 1 is 1.50 bits per heavy atom. The molecule has 2 N–H and O–H groups in total. The lowest BCUT2D eigenvalue weighted by Gasteiger charge is -2.07. The first kappa shape index (κ1) is 14.2. The van der Waals surface area contributed by atoms with Gasteiger partial charge in [-0.25, -0.2) is 0 Å². The van der Waals surface area contributed by atoms with Gasteiger partial charge < -0.3 is 10.6 Å². The number of hydrogen-bond acceptors (Lipinski definition) is 4. The van der Waals surface area contributed by atoms with Gasteiger partial charge in [0.25, 0.3) is 5.69 Å². The van der Waals surface area contributed by atoms with Crippen LogP contribution in [0.1, 0.15) is 12.0 Å². The van der Waals surface area contributed by atoms with E-state index >= 15 is 0 Å². The molecule has 1 aromatic rings. The molecule has 0 bridgehead atoms. The van der Waals surface area contributed by atoms with Gasteiger partial charge in [-0.15, -0.1) is 0 Å². The van der Waals surface area contributed by atoms with E-state index in [-0.39, 0.29) is 11.6 Å². The third-order valence-electron chi connectivity index (χ3n) is 3.28. The van der Waals surface area contributed by atoms with Crippen LogP contribution in [0.5, 0.6) is 0 Å². The van der Waals surface area contributed by atoms with Crippen LogP contribution in [0.4, 0.5) is 5.69 Å². The second kappa shape index (κ2) is 6.81. The van der Waals surface area contributed by atoms with E-state index in [1.165, 1.54) is 18.2 Å². The number of nitro groups is 1. The van der Waals surface area contributed by atoms with Gasteiger partial charge in [-0.1, -0.05) is 12.1 Å². The molecule has 1 atom stereocenters. The highest BCUT2D eigenvalue weighted by Crippen LogP contribution is 2.18. The molecule has 1 aromatic carbocycles.